The smallest absolute Gasteiger partial charge is 0.327 e. The Hall–Kier alpha value is -1.13. The van der Waals surface area contributed by atoms with Gasteiger partial charge in [-0.25, -0.2) is 4.79 Å². The van der Waals surface area contributed by atoms with E-state index in [-0.39, 0.29) is 23.7 Å². The number of hydrogen-bond acceptors (Lipinski definition) is 6. The van der Waals surface area contributed by atoms with Gasteiger partial charge in [-0.15, -0.1) is 0 Å². The Kier molecular flexibility index (Phi) is 9.17. The van der Waals surface area contributed by atoms with Crippen molar-refractivity contribution in [2.45, 2.75) is 24.9 Å². The number of carbonyl (C=O) groups is 3. The number of carboxylic acid groups (broad SMARTS) is 2. The van der Waals surface area contributed by atoms with Crippen LogP contribution in [0.15, 0.2) is 0 Å². The van der Waals surface area contributed by atoms with Gasteiger partial charge in [-0.2, -0.15) is 11.8 Å². The van der Waals surface area contributed by atoms with Crippen molar-refractivity contribution in [1.29, 1.82) is 0 Å². The Morgan fingerprint density at radius 3 is 2.35 bits per heavy atom. The van der Waals surface area contributed by atoms with E-state index in [1.807, 2.05) is 0 Å². The molecule has 0 radical (unpaired) electrons. The van der Waals surface area contributed by atoms with Gasteiger partial charge in [-0.3, -0.25) is 13.8 Å². The number of thioether (sulfide) groups is 1. The highest BCUT2D eigenvalue weighted by atomic mass is 32.2. The van der Waals surface area contributed by atoms with Crippen molar-refractivity contribution in [3.8, 4) is 0 Å². The Morgan fingerprint density at radius 2 is 1.90 bits per heavy atom. The number of nitrogens with two attached hydrogens (primary N) is 1. The summed E-state index contributed by atoms with van der Waals surface area (Å²) >= 11 is 1.31. The Labute approximate surface area is 122 Å². The first kappa shape index (κ1) is 18.9. The average molecular weight is 326 g/mol. The maximum Gasteiger partial charge on any atom is 0.327 e. The minimum atomic E-state index is -1.36. The summed E-state index contributed by atoms with van der Waals surface area (Å²) in [5.41, 5.74) is 5.23. The summed E-state index contributed by atoms with van der Waals surface area (Å²) in [5.74, 6) is -3.33. The molecule has 0 saturated heterocycles. The standard InChI is InChI=1S/C10H18N2O6S2/c1-19-5-20(18)4-7(10(16)17)12-8(13)3-2-6(11)9(14)15/h6-7H,2-5,11H2,1H3,(H,12,13)(H,14,15)(H,16,17)/t6-,7-,20-/m1/s1. The molecule has 3 atom stereocenters. The molecule has 5 N–H and O–H groups in total. The Morgan fingerprint density at radius 1 is 1.30 bits per heavy atom. The highest BCUT2D eigenvalue weighted by molar-refractivity contribution is 8.09. The van der Waals surface area contributed by atoms with Gasteiger partial charge in [0.25, 0.3) is 0 Å². The lowest BCUT2D eigenvalue weighted by Gasteiger charge is -2.14. The fourth-order valence-electron chi connectivity index (χ4n) is 1.22. The molecule has 10 heteroatoms. The van der Waals surface area contributed by atoms with Crippen molar-refractivity contribution < 1.29 is 28.8 Å². The van der Waals surface area contributed by atoms with E-state index in [2.05, 4.69) is 5.32 Å². The number of hydrogen-bond donors (Lipinski definition) is 4. The SMILES string of the molecule is CSC[S@](=O)C[C@@H](NC(=O)CC[C@@H](N)C(=O)O)C(=O)O. The zero-order chi connectivity index (χ0) is 15.7. The van der Waals surface area contributed by atoms with Gasteiger partial charge >= 0.3 is 11.9 Å². The minimum absolute atomic E-state index is 0.0958. The third-order valence-corrected chi connectivity index (χ3v) is 4.93. The van der Waals surface area contributed by atoms with Crippen LogP contribution in [0.2, 0.25) is 0 Å². The predicted molar refractivity (Wildman–Crippen MR) is 75.8 cm³/mol. The molecule has 0 spiro atoms. The van der Waals surface area contributed by atoms with Crippen molar-refractivity contribution >= 4 is 40.4 Å². The van der Waals surface area contributed by atoms with Crippen LogP contribution in [0.4, 0.5) is 0 Å². The maximum absolute atomic E-state index is 11.5. The molecular formula is C10H18N2O6S2. The van der Waals surface area contributed by atoms with Crippen molar-refractivity contribution in [2.24, 2.45) is 5.73 Å². The van der Waals surface area contributed by atoms with Gasteiger partial charge in [0, 0.05) is 17.2 Å². The molecule has 0 aliphatic rings. The van der Waals surface area contributed by atoms with Crippen molar-refractivity contribution in [3.63, 3.8) is 0 Å². The third-order valence-electron chi connectivity index (χ3n) is 2.23. The van der Waals surface area contributed by atoms with E-state index >= 15 is 0 Å². The zero-order valence-electron chi connectivity index (χ0n) is 10.9. The van der Waals surface area contributed by atoms with Crippen LogP contribution in [-0.2, 0) is 25.2 Å². The first-order valence-electron chi connectivity index (χ1n) is 5.62. The van der Waals surface area contributed by atoms with Gasteiger partial charge < -0.3 is 21.3 Å². The van der Waals surface area contributed by atoms with Crippen LogP contribution in [0.25, 0.3) is 0 Å². The van der Waals surface area contributed by atoms with E-state index in [9.17, 15) is 18.6 Å². The number of nitrogens with one attached hydrogen (secondary N) is 1. The third kappa shape index (κ3) is 8.12. The van der Waals surface area contributed by atoms with Gasteiger partial charge in [0.1, 0.15) is 12.1 Å². The Bertz CT molecular complexity index is 390. The second kappa shape index (κ2) is 9.72. The molecule has 0 aliphatic heterocycles. The summed E-state index contributed by atoms with van der Waals surface area (Å²) in [7, 11) is -1.36. The van der Waals surface area contributed by atoms with Crippen LogP contribution in [-0.4, -0.2) is 61.4 Å². The fraction of sp³-hybridized carbons (Fsp3) is 0.700. The molecule has 0 unspecified atom stereocenters. The van der Waals surface area contributed by atoms with Crippen molar-refractivity contribution in [3.05, 3.63) is 0 Å². The first-order valence-corrected chi connectivity index (χ1v) is 8.50. The van der Waals surface area contributed by atoms with E-state index < -0.39 is 40.7 Å². The molecule has 0 aliphatic carbocycles. The molecule has 1 amide bonds. The highest BCUT2D eigenvalue weighted by Crippen LogP contribution is 2.01. The first-order chi connectivity index (χ1) is 9.27. The molecule has 0 aromatic heterocycles. The molecule has 0 aromatic rings. The maximum atomic E-state index is 11.5. The molecule has 116 valence electrons. The lowest BCUT2D eigenvalue weighted by atomic mass is 10.1. The second-order valence-electron chi connectivity index (χ2n) is 3.95. The topological polar surface area (TPSA) is 147 Å². The monoisotopic (exact) mass is 326 g/mol. The second-order valence-corrected chi connectivity index (χ2v) is 6.69. The zero-order valence-corrected chi connectivity index (χ0v) is 12.5. The van der Waals surface area contributed by atoms with Crippen LogP contribution in [0.1, 0.15) is 12.8 Å². The van der Waals surface area contributed by atoms with E-state index in [1.54, 1.807) is 6.26 Å². The molecule has 0 saturated carbocycles. The molecule has 0 rings (SSSR count). The molecule has 20 heavy (non-hydrogen) atoms. The van der Waals surface area contributed by atoms with Crippen LogP contribution >= 0.6 is 11.8 Å². The predicted octanol–water partition coefficient (Wildman–Crippen LogP) is -1.18. The average Bonchev–Trinajstić information content (AvgIpc) is 2.35. The molecule has 0 aromatic carbocycles. The van der Waals surface area contributed by atoms with Crippen molar-refractivity contribution in [1.82, 2.24) is 5.32 Å². The quantitative estimate of drug-likeness (QED) is 0.392. The number of rotatable bonds is 10. The normalized spacial score (nSPS) is 15.1. The lowest BCUT2D eigenvalue weighted by Crippen LogP contribution is -2.45. The van der Waals surface area contributed by atoms with E-state index in [0.717, 1.165) is 0 Å². The molecular weight excluding hydrogens is 308 g/mol. The number of carboxylic acids is 2. The summed E-state index contributed by atoms with van der Waals surface area (Å²) in [6, 6.07) is -2.42. The van der Waals surface area contributed by atoms with Crippen LogP contribution in [0, 0.1) is 0 Å². The summed E-state index contributed by atoms with van der Waals surface area (Å²) in [4.78, 5) is 32.9. The van der Waals surface area contributed by atoms with E-state index in [0.29, 0.717) is 0 Å². The Balaban J connectivity index is 4.31. The van der Waals surface area contributed by atoms with Crippen molar-refractivity contribution in [2.75, 3.05) is 17.1 Å². The lowest BCUT2D eigenvalue weighted by molar-refractivity contribution is -0.141. The van der Waals surface area contributed by atoms with E-state index in [1.165, 1.54) is 11.8 Å². The number of amides is 1. The summed E-state index contributed by atoms with van der Waals surface area (Å²) < 4.78 is 11.5. The molecule has 0 heterocycles. The minimum Gasteiger partial charge on any atom is -0.480 e. The largest absolute Gasteiger partial charge is 0.480 e. The number of carbonyl (C=O) groups excluding carboxylic acids is 1. The molecule has 8 nitrogen and oxygen atoms in total. The van der Waals surface area contributed by atoms with Gasteiger partial charge in [0.05, 0.1) is 10.8 Å². The number of aliphatic carboxylic acids is 2. The van der Waals surface area contributed by atoms with Gasteiger partial charge in [0.15, 0.2) is 0 Å². The summed E-state index contributed by atoms with van der Waals surface area (Å²) in [5, 5.41) is 20.0. The highest BCUT2D eigenvalue weighted by Gasteiger charge is 2.23. The van der Waals surface area contributed by atoms with Crippen LogP contribution < -0.4 is 11.1 Å². The fourth-order valence-corrected chi connectivity index (χ4v) is 3.25. The van der Waals surface area contributed by atoms with Gasteiger partial charge in [0.2, 0.25) is 5.91 Å². The molecule has 0 bridgehead atoms. The summed E-state index contributed by atoms with van der Waals surface area (Å²) in [6.45, 7) is 0. The van der Waals surface area contributed by atoms with Gasteiger partial charge in [-0.1, -0.05) is 0 Å². The summed E-state index contributed by atoms with van der Waals surface area (Å²) in [6.07, 6.45) is 1.44. The molecule has 0 fully saturated rings. The van der Waals surface area contributed by atoms with E-state index in [4.69, 9.17) is 15.9 Å². The van der Waals surface area contributed by atoms with Gasteiger partial charge in [-0.05, 0) is 12.7 Å². The van der Waals surface area contributed by atoms with Crippen LogP contribution in [0.3, 0.4) is 0 Å². The van der Waals surface area contributed by atoms with Crippen LogP contribution in [0.5, 0.6) is 0 Å².